The summed E-state index contributed by atoms with van der Waals surface area (Å²) in [6, 6.07) is -9.08. The average Bonchev–Trinajstić information content (AvgIpc) is 0.753. The van der Waals surface area contributed by atoms with E-state index in [9.17, 15) is 97.6 Å². The Balaban J connectivity index is 1.17. The van der Waals surface area contributed by atoms with Gasteiger partial charge in [-0.3, -0.25) is 77.3 Å². The van der Waals surface area contributed by atoms with Crippen LogP contribution in [0.25, 0.3) is 11.3 Å². The quantitative estimate of drug-likeness (QED) is 0.0233. The first kappa shape index (κ1) is 72.7. The lowest BCUT2D eigenvalue weighted by molar-refractivity contribution is -0.173. The maximum Gasteiger partial charge on any atom is 0.335 e. The highest BCUT2D eigenvalue weighted by atomic mass is 16.5. The molecule has 92 heavy (non-hydrogen) atoms. The van der Waals surface area contributed by atoms with Crippen molar-refractivity contribution in [3.8, 4) is 17.0 Å². The molecule has 0 radical (unpaired) electrons. The molecular formula is C54H78N18O20. The van der Waals surface area contributed by atoms with Crippen LogP contribution in [0.1, 0.15) is 90.5 Å². The Hall–Kier alpha value is -10.1. The number of unbranched alkanes of at least 4 members (excludes halogenated alkanes) is 1. The largest absolute Gasteiger partial charge is 0.504 e. The summed E-state index contributed by atoms with van der Waals surface area (Å²) in [5.74, 6) is -14.5. The molecule has 5 rings (SSSR count). The van der Waals surface area contributed by atoms with Gasteiger partial charge in [0.1, 0.15) is 60.0 Å². The lowest BCUT2D eigenvalue weighted by Gasteiger charge is -2.34. The van der Waals surface area contributed by atoms with Gasteiger partial charge < -0.3 is 106 Å². The number of aromatic hydroxyl groups is 1. The molecule has 1 aliphatic carbocycles. The summed E-state index contributed by atoms with van der Waals surface area (Å²) in [7, 11) is 0. The number of hydrogen-bond acceptors (Lipinski definition) is 23. The monoisotopic (exact) mass is 1300 g/mol. The van der Waals surface area contributed by atoms with Gasteiger partial charge in [0.25, 0.3) is 5.91 Å². The summed E-state index contributed by atoms with van der Waals surface area (Å²) in [5.41, 5.74) is 16.0. The van der Waals surface area contributed by atoms with Crippen LogP contribution in [-0.4, -0.2) is 224 Å². The molecule has 10 atom stereocenters. The number of aromatic nitrogens is 1. The summed E-state index contributed by atoms with van der Waals surface area (Å²) in [4.78, 5) is 198. The number of amidine groups is 1. The number of carboxylic acids is 1. The number of nitrogens with two attached hydrogens (primary N) is 3. The number of aliphatic imine (C=N–C) groups is 1. The lowest BCUT2D eigenvalue weighted by atomic mass is 10.0. The van der Waals surface area contributed by atoms with Gasteiger partial charge in [-0.2, -0.15) is 0 Å². The maximum absolute atomic E-state index is 14.1. The van der Waals surface area contributed by atoms with Crippen molar-refractivity contribution < 1.29 is 92.8 Å². The minimum Gasteiger partial charge on any atom is -0.504 e. The van der Waals surface area contributed by atoms with Crippen molar-refractivity contribution >= 4 is 100 Å². The van der Waals surface area contributed by atoms with Crippen LogP contribution in [0.3, 0.4) is 0 Å². The van der Waals surface area contributed by atoms with Gasteiger partial charge in [-0.25, -0.2) is 9.86 Å². The number of nitrogens with one attached hydrogen (secondary N) is 12. The van der Waals surface area contributed by atoms with Crippen LogP contribution in [0, 0.1) is 0 Å². The molecule has 4 aliphatic heterocycles. The third-order valence-electron chi connectivity index (χ3n) is 14.7. The summed E-state index contributed by atoms with van der Waals surface area (Å²) in [6.07, 6.45) is -2.68. The number of amides is 13. The van der Waals surface area contributed by atoms with Crippen molar-refractivity contribution in [1.29, 1.82) is 0 Å². The smallest absolute Gasteiger partial charge is 0.335 e. The van der Waals surface area contributed by atoms with E-state index >= 15 is 0 Å². The van der Waals surface area contributed by atoms with E-state index in [0.29, 0.717) is 24.3 Å². The number of benzene rings is 1. The molecule has 10 unspecified atom stereocenters. The van der Waals surface area contributed by atoms with Gasteiger partial charge in [0.05, 0.1) is 37.1 Å². The number of hydrogen-bond donors (Lipinski definition) is 20. The van der Waals surface area contributed by atoms with E-state index in [1.165, 1.54) is 24.5 Å². The van der Waals surface area contributed by atoms with Crippen molar-refractivity contribution in [3.63, 3.8) is 0 Å². The molecule has 38 nitrogen and oxygen atoms in total. The molecule has 5 aliphatic rings. The lowest BCUT2D eigenvalue weighted by Crippen LogP contribution is -2.62. The fraction of sp³-hybridized carbons (Fsp3) is 0.556. The van der Waals surface area contributed by atoms with Crippen LogP contribution in [-0.2, 0) is 67.1 Å². The minimum atomic E-state index is -2.65. The predicted molar refractivity (Wildman–Crippen MR) is 318 cm³/mol. The van der Waals surface area contributed by atoms with Crippen LogP contribution in [0.4, 0.5) is 11.5 Å². The molecule has 4 heterocycles. The van der Waals surface area contributed by atoms with Crippen LogP contribution >= 0.6 is 0 Å². The number of fused-ring (bicyclic) bond motifs is 3. The van der Waals surface area contributed by atoms with Crippen LogP contribution < -0.4 is 86.4 Å². The highest BCUT2D eigenvalue weighted by molar-refractivity contribution is 6.02. The SMILES string of the molecule is CC(NC(=O)C(CO)NC(=O)C1CCN=C(C(CCC(N)=O)NC(=O)C(NC(=O)CNC(=O)CNC(=O)C(CCCCN)NC(=O)C(C)NC(=O)C2CCNc3c(NC(=O)CCC(N)=O)cc4cc(O)c(=O)cc-4n32)C(O)C(=O)O)N1)C(=O)NC1CCCN(O)C1=O. The topological polar surface area (TPSA) is 600 Å². The zero-order chi connectivity index (χ0) is 68.1. The van der Waals surface area contributed by atoms with Crippen LogP contribution in [0.2, 0.25) is 0 Å². The maximum atomic E-state index is 14.1. The van der Waals surface area contributed by atoms with Crippen molar-refractivity contribution in [1.82, 2.24) is 62.8 Å². The number of rotatable bonds is 33. The average molecular weight is 1300 g/mol. The summed E-state index contributed by atoms with van der Waals surface area (Å²) in [5, 5.41) is 80.2. The number of primary amides is 2. The third kappa shape index (κ3) is 20.7. The van der Waals surface area contributed by atoms with E-state index in [1.54, 1.807) is 0 Å². The molecule has 0 saturated carbocycles. The Morgan fingerprint density at radius 2 is 1.42 bits per heavy atom. The Kier molecular flexibility index (Phi) is 27.0. The van der Waals surface area contributed by atoms with E-state index in [0.717, 1.165) is 12.1 Å². The van der Waals surface area contributed by atoms with Crippen LogP contribution in [0.5, 0.6) is 5.75 Å². The van der Waals surface area contributed by atoms with Crippen molar-refractivity contribution in [3.05, 3.63) is 28.4 Å². The number of phenols is 1. The van der Waals surface area contributed by atoms with E-state index in [4.69, 9.17) is 17.2 Å². The second-order valence-corrected chi connectivity index (χ2v) is 21.8. The third-order valence-corrected chi connectivity index (χ3v) is 14.7. The molecule has 13 amide bonds. The van der Waals surface area contributed by atoms with Gasteiger partial charge in [-0.15, -0.1) is 0 Å². The van der Waals surface area contributed by atoms with Crippen LogP contribution in [0.15, 0.2) is 28.0 Å². The molecule has 38 heteroatoms. The molecule has 0 aromatic rings. The molecule has 1 saturated heterocycles. The first-order valence-corrected chi connectivity index (χ1v) is 29.2. The molecule has 1 fully saturated rings. The molecule has 0 aromatic carbocycles. The number of aliphatic hydroxyl groups is 2. The molecular weight excluding hydrogens is 1220 g/mol. The Morgan fingerprint density at radius 1 is 0.728 bits per heavy atom. The number of aliphatic hydroxyl groups excluding tert-OH is 2. The number of pyridine rings is 1. The van der Waals surface area contributed by atoms with E-state index < -0.39 is 181 Å². The van der Waals surface area contributed by atoms with Crippen molar-refractivity contribution in [2.24, 2.45) is 22.2 Å². The zero-order valence-electron chi connectivity index (χ0n) is 50.2. The van der Waals surface area contributed by atoms with E-state index in [1.807, 2.05) is 5.32 Å². The molecule has 0 aromatic heterocycles. The number of hydroxylamine groups is 2. The normalized spacial score (nSPS) is 18.2. The number of carbonyl (C=O) groups is 14. The molecule has 0 bridgehead atoms. The van der Waals surface area contributed by atoms with Crippen molar-refractivity contribution in [2.45, 2.75) is 145 Å². The predicted octanol–water partition coefficient (Wildman–Crippen LogP) is -8.51. The van der Waals surface area contributed by atoms with E-state index in [-0.39, 0.29) is 99.7 Å². The molecule has 504 valence electrons. The second kappa shape index (κ2) is 34.2. The fourth-order valence-electron chi connectivity index (χ4n) is 9.72. The summed E-state index contributed by atoms with van der Waals surface area (Å²) >= 11 is 0. The minimum absolute atomic E-state index is 0.0198. The number of anilines is 2. The number of carbonyl (C=O) groups excluding carboxylic acids is 13. The first-order valence-electron chi connectivity index (χ1n) is 29.2. The zero-order valence-corrected chi connectivity index (χ0v) is 50.2. The van der Waals surface area contributed by atoms with Gasteiger partial charge in [-0.05, 0) is 83.9 Å². The number of aliphatic carboxylic acids is 1. The fourth-order valence-corrected chi connectivity index (χ4v) is 9.72. The highest BCUT2D eigenvalue weighted by Gasteiger charge is 2.39. The van der Waals surface area contributed by atoms with Gasteiger partial charge in [0.15, 0.2) is 11.9 Å². The first-order chi connectivity index (χ1) is 43.5. The number of carboxylic acid groups (broad SMARTS) is 1. The number of piperidine rings is 1. The van der Waals surface area contributed by atoms with Gasteiger partial charge in [-0.1, -0.05) is 0 Å². The standard InChI is InChI=1S/C54H78N18O20/c1-24(47(83)68-30-7-5-17-71(92)53(30)89)62-50(86)32(23-73)69-49(85)29-12-15-58-44(65-29)27(8-9-37(56)76)66-52(88)42(43(81)54(90)91)70-41(80)22-60-40(79)21-61-48(84)28(6-3-4-14-55)67-46(82)25(2)63-51(87)33-13-16-59-45-31(64-39(78)11-10-38(57)77)18-26-19-35(74)36(75)20-34(26)72(33)45/h18-20,24-25,27-30,32-33,42-43,59,73-74,81,92H,3-17,21-23,55H2,1-2H3,(H2,56,76)(H2,57,77)(H,58,65)(H,60,79)(H,61,84)(H,62,86)(H,63,87)(H,64,78)(H,66,88)(H,67,82)(H,68,83)(H,69,85)(H,70,80)(H,90,91). The van der Waals surface area contributed by atoms with Gasteiger partial charge in [0, 0.05) is 50.5 Å². The van der Waals surface area contributed by atoms with Crippen molar-refractivity contribution in [2.75, 3.05) is 56.5 Å². The van der Waals surface area contributed by atoms with Gasteiger partial charge in [0.2, 0.25) is 76.3 Å². The summed E-state index contributed by atoms with van der Waals surface area (Å²) < 4.78 is 1.41. The number of phenolic OH excluding ortho intramolecular Hbond substituents is 1. The summed E-state index contributed by atoms with van der Waals surface area (Å²) in [6.45, 7) is 0.115. The van der Waals surface area contributed by atoms with E-state index in [2.05, 4.69) is 63.5 Å². The van der Waals surface area contributed by atoms with Gasteiger partial charge >= 0.3 is 5.97 Å². The number of nitrogens with zero attached hydrogens (tertiary/aromatic N) is 3. The highest BCUT2D eigenvalue weighted by Crippen LogP contribution is 2.39. The second-order valence-electron chi connectivity index (χ2n) is 21.8. The Labute approximate surface area is 523 Å². The molecule has 0 spiro atoms. The molecule has 23 N–H and O–H groups in total. The Morgan fingerprint density at radius 3 is 2.10 bits per heavy atom. The Bertz CT molecular complexity index is 3200.